The summed E-state index contributed by atoms with van der Waals surface area (Å²) in [7, 11) is 1.66. The Hall–Kier alpha value is -0.440. The molecule has 2 rings (SSSR count). The molecule has 1 fully saturated rings. The SMILES string of the molecule is COC(C)c1nc(CNC(=O)[C@H]2NCCO[C@@H]2C)cs1.Cl.Cl. The molecule has 1 aromatic rings. The maximum Gasteiger partial charge on any atom is 0.240 e. The number of amides is 1. The first-order valence-corrected chi connectivity index (χ1v) is 7.59. The molecule has 22 heavy (non-hydrogen) atoms. The summed E-state index contributed by atoms with van der Waals surface area (Å²) in [6.45, 7) is 5.63. The lowest BCUT2D eigenvalue weighted by Gasteiger charge is -2.29. The average molecular weight is 372 g/mol. The number of hydrogen-bond donors (Lipinski definition) is 2. The monoisotopic (exact) mass is 371 g/mol. The Morgan fingerprint density at radius 3 is 3.00 bits per heavy atom. The van der Waals surface area contributed by atoms with Crippen LogP contribution in [0.15, 0.2) is 5.38 Å². The van der Waals surface area contributed by atoms with E-state index in [0.717, 1.165) is 10.7 Å². The molecule has 0 radical (unpaired) electrons. The molecule has 1 aliphatic rings. The molecule has 0 saturated carbocycles. The highest BCUT2D eigenvalue weighted by atomic mass is 35.5. The van der Waals surface area contributed by atoms with E-state index in [4.69, 9.17) is 9.47 Å². The minimum absolute atomic E-state index is 0. The van der Waals surface area contributed by atoms with Crippen molar-refractivity contribution in [3.05, 3.63) is 16.1 Å². The Balaban J connectivity index is 0.00000220. The number of aromatic nitrogens is 1. The van der Waals surface area contributed by atoms with E-state index in [1.165, 1.54) is 0 Å². The Labute approximate surface area is 147 Å². The van der Waals surface area contributed by atoms with Gasteiger partial charge in [-0.1, -0.05) is 0 Å². The zero-order valence-corrected chi connectivity index (χ0v) is 15.3. The number of methoxy groups -OCH3 is 1. The first kappa shape index (κ1) is 21.6. The molecule has 9 heteroatoms. The normalized spacial score (nSPS) is 22.1. The smallest absolute Gasteiger partial charge is 0.240 e. The molecule has 0 aromatic carbocycles. The van der Waals surface area contributed by atoms with Gasteiger partial charge in [0.05, 0.1) is 24.9 Å². The fourth-order valence-electron chi connectivity index (χ4n) is 2.01. The van der Waals surface area contributed by atoms with E-state index < -0.39 is 0 Å². The van der Waals surface area contributed by atoms with Crippen molar-refractivity contribution in [2.75, 3.05) is 20.3 Å². The summed E-state index contributed by atoms with van der Waals surface area (Å²) in [5, 5.41) is 8.92. The van der Waals surface area contributed by atoms with Crippen LogP contribution in [0.1, 0.15) is 30.7 Å². The van der Waals surface area contributed by atoms with Crippen molar-refractivity contribution in [2.24, 2.45) is 0 Å². The fraction of sp³-hybridized carbons (Fsp3) is 0.692. The number of halogens is 2. The van der Waals surface area contributed by atoms with Crippen LogP contribution in [0.5, 0.6) is 0 Å². The molecular formula is C13H23Cl2N3O3S. The van der Waals surface area contributed by atoms with Crippen molar-refractivity contribution < 1.29 is 14.3 Å². The maximum atomic E-state index is 12.1. The van der Waals surface area contributed by atoms with Gasteiger partial charge >= 0.3 is 0 Å². The molecule has 0 spiro atoms. The van der Waals surface area contributed by atoms with Crippen molar-refractivity contribution in [2.45, 2.75) is 38.6 Å². The zero-order valence-electron chi connectivity index (χ0n) is 12.8. The Kier molecular flexibility index (Phi) is 10.1. The van der Waals surface area contributed by atoms with Crippen LogP contribution < -0.4 is 10.6 Å². The zero-order chi connectivity index (χ0) is 14.5. The molecule has 6 nitrogen and oxygen atoms in total. The fourth-order valence-corrected chi connectivity index (χ4v) is 2.86. The van der Waals surface area contributed by atoms with E-state index in [1.807, 2.05) is 19.2 Å². The molecule has 1 aliphatic heterocycles. The van der Waals surface area contributed by atoms with Crippen molar-refractivity contribution in [1.29, 1.82) is 0 Å². The van der Waals surface area contributed by atoms with Gasteiger partial charge < -0.3 is 20.1 Å². The molecule has 1 amide bonds. The molecule has 1 aromatic heterocycles. The first-order chi connectivity index (χ1) is 9.61. The molecule has 1 saturated heterocycles. The lowest BCUT2D eigenvalue weighted by molar-refractivity contribution is -0.129. The molecule has 2 heterocycles. The summed E-state index contributed by atoms with van der Waals surface area (Å²) in [5.41, 5.74) is 0.853. The van der Waals surface area contributed by atoms with E-state index in [9.17, 15) is 4.79 Å². The highest BCUT2D eigenvalue weighted by Crippen LogP contribution is 2.20. The van der Waals surface area contributed by atoms with Crippen molar-refractivity contribution in [3.8, 4) is 0 Å². The van der Waals surface area contributed by atoms with Gasteiger partial charge in [-0.25, -0.2) is 4.98 Å². The van der Waals surface area contributed by atoms with Gasteiger partial charge in [-0.3, -0.25) is 4.79 Å². The van der Waals surface area contributed by atoms with Crippen LogP contribution in [0.3, 0.4) is 0 Å². The van der Waals surface area contributed by atoms with Gasteiger partial charge in [0.25, 0.3) is 0 Å². The summed E-state index contributed by atoms with van der Waals surface area (Å²) < 4.78 is 10.7. The van der Waals surface area contributed by atoms with E-state index >= 15 is 0 Å². The van der Waals surface area contributed by atoms with E-state index in [0.29, 0.717) is 19.7 Å². The Bertz CT molecular complexity index is 461. The number of thiazole rings is 1. The van der Waals surface area contributed by atoms with E-state index in [2.05, 4.69) is 15.6 Å². The maximum absolute atomic E-state index is 12.1. The molecule has 1 unspecified atom stereocenters. The molecule has 2 N–H and O–H groups in total. The Morgan fingerprint density at radius 2 is 2.36 bits per heavy atom. The number of hydrogen-bond acceptors (Lipinski definition) is 6. The number of ether oxygens (including phenoxy) is 2. The van der Waals surface area contributed by atoms with Gasteiger partial charge in [0.15, 0.2) is 0 Å². The van der Waals surface area contributed by atoms with Gasteiger partial charge in [0.1, 0.15) is 17.2 Å². The topological polar surface area (TPSA) is 72.5 Å². The first-order valence-electron chi connectivity index (χ1n) is 6.71. The largest absolute Gasteiger partial charge is 0.375 e. The van der Waals surface area contributed by atoms with Crippen molar-refractivity contribution in [1.82, 2.24) is 15.6 Å². The average Bonchev–Trinajstić information content (AvgIpc) is 2.93. The predicted octanol–water partition coefficient (Wildman–Crippen LogP) is 1.69. The summed E-state index contributed by atoms with van der Waals surface area (Å²) in [4.78, 5) is 16.5. The molecule has 3 atom stereocenters. The van der Waals surface area contributed by atoms with E-state index in [-0.39, 0.29) is 49.0 Å². The summed E-state index contributed by atoms with van der Waals surface area (Å²) >= 11 is 1.54. The number of nitrogens with one attached hydrogen (secondary N) is 2. The van der Waals surface area contributed by atoms with Crippen LogP contribution >= 0.6 is 36.2 Å². The summed E-state index contributed by atoms with van der Waals surface area (Å²) in [5.74, 6) is -0.0495. The third kappa shape index (κ3) is 5.64. The Morgan fingerprint density at radius 1 is 1.64 bits per heavy atom. The van der Waals surface area contributed by atoms with Crippen molar-refractivity contribution >= 4 is 42.1 Å². The van der Waals surface area contributed by atoms with Crippen LogP contribution in [0.25, 0.3) is 0 Å². The van der Waals surface area contributed by atoms with Crippen LogP contribution in [-0.2, 0) is 20.8 Å². The third-order valence-corrected chi connectivity index (χ3v) is 4.37. The van der Waals surface area contributed by atoms with E-state index in [1.54, 1.807) is 18.4 Å². The standard InChI is InChI=1S/C13H21N3O3S.2ClH/c1-8-11(14-4-5-19-8)12(17)15-6-10-7-20-13(16-10)9(2)18-3;;/h7-9,11,14H,4-6H2,1-3H3,(H,15,17);2*1H/t8-,9?,11+;;/m1../s1. The van der Waals surface area contributed by atoms with Crippen LogP contribution in [0.4, 0.5) is 0 Å². The second-order valence-electron chi connectivity index (χ2n) is 4.78. The number of carbonyl (C=O) groups excluding carboxylic acids is 1. The number of morpholine rings is 1. The molecular weight excluding hydrogens is 349 g/mol. The highest BCUT2D eigenvalue weighted by Gasteiger charge is 2.28. The summed E-state index contributed by atoms with van der Waals surface area (Å²) in [6, 6.07) is -0.292. The lowest BCUT2D eigenvalue weighted by Crippen LogP contribution is -2.55. The van der Waals surface area contributed by atoms with Gasteiger partial charge in [-0.15, -0.1) is 36.2 Å². The second-order valence-corrected chi connectivity index (χ2v) is 5.67. The minimum atomic E-state index is -0.292. The number of rotatable bonds is 5. The number of carbonyl (C=O) groups is 1. The third-order valence-electron chi connectivity index (χ3n) is 3.31. The molecule has 0 aliphatic carbocycles. The second kappa shape index (κ2) is 10.4. The van der Waals surface area contributed by atoms with Crippen LogP contribution in [0.2, 0.25) is 0 Å². The molecule has 128 valence electrons. The number of nitrogens with zero attached hydrogens (tertiary/aromatic N) is 1. The van der Waals surface area contributed by atoms with Gasteiger partial charge in [0.2, 0.25) is 5.91 Å². The van der Waals surface area contributed by atoms with Gasteiger partial charge in [0, 0.05) is 19.0 Å². The lowest BCUT2D eigenvalue weighted by atomic mass is 10.1. The quantitative estimate of drug-likeness (QED) is 0.823. The van der Waals surface area contributed by atoms with Crippen LogP contribution in [0, 0.1) is 0 Å². The van der Waals surface area contributed by atoms with Gasteiger partial charge in [-0.05, 0) is 13.8 Å². The highest BCUT2D eigenvalue weighted by molar-refractivity contribution is 7.09. The predicted molar refractivity (Wildman–Crippen MR) is 91.1 cm³/mol. The molecule has 0 bridgehead atoms. The van der Waals surface area contributed by atoms with Crippen molar-refractivity contribution in [3.63, 3.8) is 0 Å². The summed E-state index contributed by atoms with van der Waals surface area (Å²) in [6.07, 6.45) is -0.124. The minimum Gasteiger partial charge on any atom is -0.375 e. The van der Waals surface area contributed by atoms with Crippen LogP contribution in [-0.4, -0.2) is 43.3 Å². The van der Waals surface area contributed by atoms with Gasteiger partial charge in [-0.2, -0.15) is 0 Å².